The molecule has 8 heteroatoms. The quantitative estimate of drug-likeness (QED) is 0.521. The second-order valence-electron chi connectivity index (χ2n) is 5.61. The molecule has 7 nitrogen and oxygen atoms in total. The van der Waals surface area contributed by atoms with Crippen LogP contribution >= 0.6 is 11.3 Å². The molecule has 1 heterocycles. The van der Waals surface area contributed by atoms with E-state index in [4.69, 9.17) is 14.2 Å². The summed E-state index contributed by atoms with van der Waals surface area (Å²) in [5, 5.41) is 2.66. The molecule has 0 aliphatic carbocycles. The first-order valence-corrected chi connectivity index (χ1v) is 8.97. The summed E-state index contributed by atoms with van der Waals surface area (Å²) in [7, 11) is 3.04. The van der Waals surface area contributed by atoms with Crippen LogP contribution < -0.4 is 14.8 Å². The number of carbonyl (C=O) groups is 3. The van der Waals surface area contributed by atoms with Crippen molar-refractivity contribution < 1.29 is 28.6 Å². The summed E-state index contributed by atoms with van der Waals surface area (Å²) in [4.78, 5) is 36.5. The number of ether oxygens (including phenoxy) is 3. The van der Waals surface area contributed by atoms with Gasteiger partial charge in [-0.3, -0.25) is 14.4 Å². The van der Waals surface area contributed by atoms with E-state index in [1.54, 1.807) is 37.4 Å². The van der Waals surface area contributed by atoms with E-state index in [2.05, 4.69) is 5.32 Å². The first kappa shape index (κ1) is 20.4. The Morgan fingerprint density at radius 3 is 2.52 bits per heavy atom. The molecule has 0 saturated carbocycles. The van der Waals surface area contributed by atoms with Crippen LogP contribution in [-0.2, 0) is 27.3 Å². The Hall–Kier alpha value is -2.87. The standard InChI is InChI=1S/C19H21NO6S/c1-12(21)20-10-15-6-7-18(27-15)16(22)11-26-19(23)8-13-4-5-14(24-2)9-17(13)25-3/h4-7,9H,8,10-11H2,1-3H3,(H,20,21). The molecule has 0 fully saturated rings. The highest BCUT2D eigenvalue weighted by molar-refractivity contribution is 7.14. The van der Waals surface area contributed by atoms with E-state index in [0.29, 0.717) is 28.5 Å². The van der Waals surface area contributed by atoms with Crippen LogP contribution in [0.3, 0.4) is 0 Å². The Morgan fingerprint density at radius 2 is 1.85 bits per heavy atom. The normalized spacial score (nSPS) is 10.2. The van der Waals surface area contributed by atoms with E-state index in [1.165, 1.54) is 25.4 Å². The number of ketones is 1. The van der Waals surface area contributed by atoms with Crippen molar-refractivity contribution in [3.63, 3.8) is 0 Å². The number of thiophene rings is 1. The lowest BCUT2D eigenvalue weighted by Crippen LogP contribution is -2.18. The van der Waals surface area contributed by atoms with Gasteiger partial charge in [0.2, 0.25) is 11.7 Å². The lowest BCUT2D eigenvalue weighted by molar-refractivity contribution is -0.141. The van der Waals surface area contributed by atoms with Gasteiger partial charge in [0.1, 0.15) is 11.5 Å². The number of rotatable bonds is 9. The number of amides is 1. The summed E-state index contributed by atoms with van der Waals surface area (Å²) >= 11 is 1.26. The molecule has 0 saturated heterocycles. The SMILES string of the molecule is COc1ccc(CC(=O)OCC(=O)c2ccc(CNC(C)=O)s2)c(OC)c1. The second-order valence-corrected chi connectivity index (χ2v) is 6.78. The number of hydrogen-bond acceptors (Lipinski definition) is 7. The third-order valence-corrected chi connectivity index (χ3v) is 4.77. The van der Waals surface area contributed by atoms with E-state index < -0.39 is 5.97 Å². The molecule has 0 unspecified atom stereocenters. The molecule has 0 aliphatic heterocycles. The van der Waals surface area contributed by atoms with Crippen molar-refractivity contribution in [2.75, 3.05) is 20.8 Å². The summed E-state index contributed by atoms with van der Waals surface area (Å²) in [5.74, 6) is 0.176. The van der Waals surface area contributed by atoms with Gasteiger partial charge in [-0.05, 0) is 18.2 Å². The number of esters is 1. The fourth-order valence-corrected chi connectivity index (χ4v) is 3.13. The van der Waals surface area contributed by atoms with Gasteiger partial charge in [0.25, 0.3) is 0 Å². The summed E-state index contributed by atoms with van der Waals surface area (Å²) in [6, 6.07) is 8.53. The smallest absolute Gasteiger partial charge is 0.310 e. The van der Waals surface area contributed by atoms with E-state index in [9.17, 15) is 14.4 Å². The fraction of sp³-hybridized carbons (Fsp3) is 0.316. The molecule has 1 amide bonds. The summed E-state index contributed by atoms with van der Waals surface area (Å²) in [6.45, 7) is 1.46. The molecule has 144 valence electrons. The van der Waals surface area contributed by atoms with E-state index in [-0.39, 0.29) is 24.7 Å². The minimum absolute atomic E-state index is 0.0152. The molecule has 2 rings (SSSR count). The maximum absolute atomic E-state index is 12.2. The zero-order valence-electron chi connectivity index (χ0n) is 15.4. The third kappa shape index (κ3) is 6.10. The van der Waals surface area contributed by atoms with Crippen LogP contribution in [0.25, 0.3) is 0 Å². The maximum Gasteiger partial charge on any atom is 0.310 e. The lowest BCUT2D eigenvalue weighted by atomic mass is 10.1. The van der Waals surface area contributed by atoms with Crippen molar-refractivity contribution in [1.29, 1.82) is 0 Å². The van der Waals surface area contributed by atoms with E-state index in [1.807, 2.05) is 0 Å². The van der Waals surface area contributed by atoms with Gasteiger partial charge in [0, 0.05) is 23.4 Å². The average molecular weight is 391 g/mol. The first-order chi connectivity index (χ1) is 12.9. The number of Topliss-reactive ketones (excluding diaryl/α,β-unsaturated/α-hetero) is 1. The molecule has 0 spiro atoms. The Bertz CT molecular complexity index is 829. The van der Waals surface area contributed by atoms with Crippen LogP contribution in [0.4, 0.5) is 0 Å². The number of nitrogens with one attached hydrogen (secondary N) is 1. The average Bonchev–Trinajstić information content (AvgIpc) is 3.14. The van der Waals surface area contributed by atoms with Gasteiger partial charge in [-0.2, -0.15) is 0 Å². The largest absolute Gasteiger partial charge is 0.497 e. The van der Waals surface area contributed by atoms with Gasteiger partial charge in [-0.1, -0.05) is 6.07 Å². The Balaban J connectivity index is 1.88. The van der Waals surface area contributed by atoms with Crippen molar-refractivity contribution in [3.05, 3.63) is 45.6 Å². The van der Waals surface area contributed by atoms with Crippen LogP contribution in [0.15, 0.2) is 30.3 Å². The van der Waals surface area contributed by atoms with Gasteiger partial charge in [-0.15, -0.1) is 11.3 Å². The van der Waals surface area contributed by atoms with Crippen molar-refractivity contribution >= 4 is 29.0 Å². The third-order valence-electron chi connectivity index (χ3n) is 3.64. The van der Waals surface area contributed by atoms with Crippen LogP contribution in [0.1, 0.15) is 27.0 Å². The second kappa shape index (κ2) is 9.72. The molecule has 27 heavy (non-hydrogen) atoms. The molecule has 1 N–H and O–H groups in total. The van der Waals surface area contributed by atoms with Crippen molar-refractivity contribution in [1.82, 2.24) is 5.32 Å². The van der Waals surface area contributed by atoms with Crippen LogP contribution in [0.5, 0.6) is 11.5 Å². The zero-order valence-corrected chi connectivity index (χ0v) is 16.2. The number of methoxy groups -OCH3 is 2. The zero-order chi connectivity index (χ0) is 19.8. The van der Waals surface area contributed by atoms with Crippen molar-refractivity contribution in [3.8, 4) is 11.5 Å². The monoisotopic (exact) mass is 391 g/mol. The highest BCUT2D eigenvalue weighted by Gasteiger charge is 2.15. The van der Waals surface area contributed by atoms with Gasteiger partial charge in [0.15, 0.2) is 6.61 Å². The molecular weight excluding hydrogens is 370 g/mol. The minimum atomic E-state index is -0.526. The number of benzene rings is 1. The molecule has 0 radical (unpaired) electrons. The summed E-state index contributed by atoms with van der Waals surface area (Å²) < 4.78 is 15.4. The summed E-state index contributed by atoms with van der Waals surface area (Å²) in [6.07, 6.45) is -0.0152. The lowest BCUT2D eigenvalue weighted by Gasteiger charge is -2.10. The van der Waals surface area contributed by atoms with Gasteiger partial charge in [0.05, 0.1) is 32.1 Å². The Kier molecular flexibility index (Phi) is 7.36. The van der Waals surface area contributed by atoms with Crippen LogP contribution in [0, 0.1) is 0 Å². The van der Waals surface area contributed by atoms with E-state index in [0.717, 1.165) is 4.88 Å². The number of carbonyl (C=O) groups excluding carboxylic acids is 3. The highest BCUT2D eigenvalue weighted by Crippen LogP contribution is 2.25. The first-order valence-electron chi connectivity index (χ1n) is 8.15. The molecule has 1 aromatic carbocycles. The number of hydrogen-bond donors (Lipinski definition) is 1. The molecule has 0 aliphatic rings. The maximum atomic E-state index is 12.2. The van der Waals surface area contributed by atoms with Gasteiger partial charge >= 0.3 is 5.97 Å². The fourth-order valence-electron chi connectivity index (χ4n) is 2.26. The highest BCUT2D eigenvalue weighted by atomic mass is 32.1. The summed E-state index contributed by atoms with van der Waals surface area (Å²) in [5.41, 5.74) is 0.643. The van der Waals surface area contributed by atoms with Crippen molar-refractivity contribution in [2.45, 2.75) is 19.9 Å². The molecule has 0 bridgehead atoms. The molecular formula is C19H21NO6S. The molecule has 2 aromatic rings. The van der Waals surface area contributed by atoms with Gasteiger partial charge < -0.3 is 19.5 Å². The van der Waals surface area contributed by atoms with Crippen LogP contribution in [-0.4, -0.2) is 38.5 Å². The Morgan fingerprint density at radius 1 is 1.07 bits per heavy atom. The van der Waals surface area contributed by atoms with Gasteiger partial charge in [-0.25, -0.2) is 0 Å². The molecule has 1 aromatic heterocycles. The topological polar surface area (TPSA) is 90.9 Å². The predicted octanol–water partition coefficient (Wildman–Crippen LogP) is 2.37. The van der Waals surface area contributed by atoms with Crippen molar-refractivity contribution in [2.24, 2.45) is 0 Å². The van der Waals surface area contributed by atoms with Crippen LogP contribution in [0.2, 0.25) is 0 Å². The predicted molar refractivity (Wildman–Crippen MR) is 100 cm³/mol. The molecule has 0 atom stereocenters. The minimum Gasteiger partial charge on any atom is -0.497 e. The van der Waals surface area contributed by atoms with E-state index >= 15 is 0 Å². The Labute approximate surface area is 161 Å².